The first-order valence-corrected chi connectivity index (χ1v) is 5.97. The molecule has 0 spiro atoms. The lowest BCUT2D eigenvalue weighted by molar-refractivity contribution is 0.887. The van der Waals surface area contributed by atoms with Crippen molar-refractivity contribution in [3.63, 3.8) is 0 Å². The largest absolute Gasteiger partial charge is 0.241 e. The fourth-order valence-corrected chi connectivity index (χ4v) is 1.85. The Balaban J connectivity index is 2.38. The van der Waals surface area contributed by atoms with Crippen molar-refractivity contribution in [1.29, 1.82) is 5.26 Å². The maximum atomic E-state index is 8.59. The van der Waals surface area contributed by atoms with E-state index < -0.39 is 0 Å². The third-order valence-corrected chi connectivity index (χ3v) is 2.83. The number of aromatic nitrogens is 2. The van der Waals surface area contributed by atoms with E-state index >= 15 is 0 Å². The van der Waals surface area contributed by atoms with Crippen molar-refractivity contribution in [2.75, 3.05) is 0 Å². The number of nitriles is 1. The van der Waals surface area contributed by atoms with Crippen LogP contribution in [0, 0.1) is 25.2 Å². The van der Waals surface area contributed by atoms with E-state index in [9.17, 15) is 0 Å². The van der Waals surface area contributed by atoms with Gasteiger partial charge in [-0.05, 0) is 31.5 Å². The van der Waals surface area contributed by atoms with Crippen molar-refractivity contribution in [3.05, 3.63) is 47.4 Å². The summed E-state index contributed by atoms with van der Waals surface area (Å²) in [4.78, 5) is 8.71. The Hall–Kier alpha value is -2.21. The topological polar surface area (TPSA) is 49.6 Å². The van der Waals surface area contributed by atoms with E-state index in [1.807, 2.05) is 6.07 Å². The molecule has 0 saturated heterocycles. The fourth-order valence-electron chi connectivity index (χ4n) is 1.85. The van der Waals surface area contributed by atoms with Gasteiger partial charge >= 0.3 is 0 Å². The van der Waals surface area contributed by atoms with E-state index in [0.29, 0.717) is 12.8 Å². The number of rotatable bonds is 3. The molecule has 3 nitrogen and oxygen atoms in total. The first kappa shape index (κ1) is 12.3. The zero-order chi connectivity index (χ0) is 13.0. The van der Waals surface area contributed by atoms with Crippen LogP contribution >= 0.6 is 0 Å². The molecule has 18 heavy (non-hydrogen) atoms. The van der Waals surface area contributed by atoms with E-state index in [1.54, 1.807) is 6.20 Å². The second kappa shape index (κ2) is 5.42. The molecule has 3 heteroatoms. The van der Waals surface area contributed by atoms with Crippen LogP contribution in [0.5, 0.6) is 0 Å². The Morgan fingerprint density at radius 2 is 2.06 bits per heavy atom. The number of aryl methyl sites for hydroxylation is 3. The maximum Gasteiger partial charge on any atom is 0.129 e. The van der Waals surface area contributed by atoms with Gasteiger partial charge in [0, 0.05) is 24.6 Å². The van der Waals surface area contributed by atoms with Crippen LogP contribution in [0.15, 0.2) is 30.5 Å². The first-order valence-electron chi connectivity index (χ1n) is 5.97. The van der Waals surface area contributed by atoms with Crippen molar-refractivity contribution in [2.24, 2.45) is 0 Å². The third kappa shape index (κ3) is 2.72. The normalized spacial score (nSPS) is 10.1. The van der Waals surface area contributed by atoms with Crippen LogP contribution in [0.2, 0.25) is 0 Å². The van der Waals surface area contributed by atoms with Gasteiger partial charge in [-0.25, -0.2) is 9.97 Å². The number of hydrogen-bond acceptors (Lipinski definition) is 3. The molecule has 2 rings (SSSR count). The summed E-state index contributed by atoms with van der Waals surface area (Å²) in [7, 11) is 0. The second-order valence-electron chi connectivity index (χ2n) is 4.33. The molecule has 0 fully saturated rings. The molecule has 1 aromatic heterocycles. The van der Waals surface area contributed by atoms with Crippen molar-refractivity contribution >= 4 is 0 Å². The highest BCUT2D eigenvalue weighted by molar-refractivity contribution is 5.64. The van der Waals surface area contributed by atoms with Crippen LogP contribution < -0.4 is 0 Å². The molecule has 90 valence electrons. The molecule has 1 aromatic carbocycles. The molecular formula is C15H15N3. The summed E-state index contributed by atoms with van der Waals surface area (Å²) in [5, 5.41) is 8.59. The van der Waals surface area contributed by atoms with E-state index in [4.69, 9.17) is 5.26 Å². The van der Waals surface area contributed by atoms with Crippen LogP contribution in [0.4, 0.5) is 0 Å². The molecule has 0 aliphatic heterocycles. The molecule has 0 bridgehead atoms. The van der Waals surface area contributed by atoms with Crippen molar-refractivity contribution in [1.82, 2.24) is 9.97 Å². The van der Waals surface area contributed by atoms with Gasteiger partial charge in [0.1, 0.15) is 5.82 Å². The lowest BCUT2D eigenvalue weighted by Gasteiger charge is -2.07. The Bertz CT molecular complexity index is 597. The van der Waals surface area contributed by atoms with Crippen LogP contribution in [-0.4, -0.2) is 9.97 Å². The Kier molecular flexibility index (Phi) is 3.69. The Labute approximate surface area is 107 Å². The summed E-state index contributed by atoms with van der Waals surface area (Å²) < 4.78 is 0. The van der Waals surface area contributed by atoms with E-state index in [1.165, 1.54) is 11.1 Å². The van der Waals surface area contributed by atoms with Gasteiger partial charge in [0.15, 0.2) is 0 Å². The lowest BCUT2D eigenvalue weighted by Crippen LogP contribution is -1.97. The van der Waals surface area contributed by atoms with Gasteiger partial charge in [0.05, 0.1) is 11.8 Å². The summed E-state index contributed by atoms with van der Waals surface area (Å²) in [6.07, 6.45) is 2.82. The van der Waals surface area contributed by atoms with Crippen molar-refractivity contribution < 1.29 is 0 Å². The minimum atomic E-state index is 0.455. The summed E-state index contributed by atoms with van der Waals surface area (Å²) >= 11 is 0. The zero-order valence-corrected chi connectivity index (χ0v) is 10.6. The Morgan fingerprint density at radius 3 is 2.83 bits per heavy atom. The smallest absolute Gasteiger partial charge is 0.129 e. The minimum absolute atomic E-state index is 0.455. The van der Waals surface area contributed by atoms with Gasteiger partial charge in [0.25, 0.3) is 0 Å². The van der Waals surface area contributed by atoms with Crippen LogP contribution in [0.1, 0.15) is 23.4 Å². The van der Waals surface area contributed by atoms with Crippen LogP contribution in [0.3, 0.4) is 0 Å². The van der Waals surface area contributed by atoms with Gasteiger partial charge in [0.2, 0.25) is 0 Å². The highest BCUT2D eigenvalue weighted by atomic mass is 14.9. The summed E-state index contributed by atoms with van der Waals surface area (Å²) in [6, 6.07) is 10.4. The molecular weight excluding hydrogens is 222 g/mol. The third-order valence-electron chi connectivity index (χ3n) is 2.83. The zero-order valence-electron chi connectivity index (χ0n) is 10.6. The maximum absolute atomic E-state index is 8.59. The molecule has 0 aliphatic carbocycles. The predicted octanol–water partition coefficient (Wildman–Crippen LogP) is 3.22. The molecule has 0 N–H and O–H groups in total. The SMILES string of the molecule is Cc1ccc(C)c(-c2ccnc(CCC#N)n2)c1. The average molecular weight is 237 g/mol. The van der Waals surface area contributed by atoms with Gasteiger partial charge in [-0.2, -0.15) is 5.26 Å². The average Bonchev–Trinajstić information content (AvgIpc) is 2.39. The second-order valence-corrected chi connectivity index (χ2v) is 4.33. The highest BCUT2D eigenvalue weighted by Gasteiger charge is 2.05. The van der Waals surface area contributed by atoms with Gasteiger partial charge in [-0.15, -0.1) is 0 Å². The van der Waals surface area contributed by atoms with Gasteiger partial charge in [-0.3, -0.25) is 0 Å². The summed E-state index contributed by atoms with van der Waals surface area (Å²) in [5.41, 5.74) is 4.48. The van der Waals surface area contributed by atoms with Crippen LogP contribution in [-0.2, 0) is 6.42 Å². The van der Waals surface area contributed by atoms with Gasteiger partial charge in [-0.1, -0.05) is 17.7 Å². The van der Waals surface area contributed by atoms with Crippen molar-refractivity contribution in [2.45, 2.75) is 26.7 Å². The quantitative estimate of drug-likeness (QED) is 0.823. The van der Waals surface area contributed by atoms with E-state index in [2.05, 4.69) is 48.1 Å². The molecule has 1 heterocycles. The molecule has 0 aliphatic rings. The minimum Gasteiger partial charge on any atom is -0.241 e. The van der Waals surface area contributed by atoms with Crippen molar-refractivity contribution in [3.8, 4) is 17.3 Å². The lowest BCUT2D eigenvalue weighted by atomic mass is 10.0. The predicted molar refractivity (Wildman–Crippen MR) is 70.9 cm³/mol. The molecule has 0 atom stereocenters. The summed E-state index contributed by atoms with van der Waals surface area (Å²) in [6.45, 7) is 4.15. The summed E-state index contributed by atoms with van der Waals surface area (Å²) in [5.74, 6) is 0.731. The van der Waals surface area contributed by atoms with E-state index in [0.717, 1.165) is 17.1 Å². The van der Waals surface area contributed by atoms with E-state index in [-0.39, 0.29) is 0 Å². The Morgan fingerprint density at radius 1 is 1.22 bits per heavy atom. The van der Waals surface area contributed by atoms with Crippen LogP contribution in [0.25, 0.3) is 11.3 Å². The monoisotopic (exact) mass is 237 g/mol. The first-order chi connectivity index (χ1) is 8.70. The molecule has 2 aromatic rings. The highest BCUT2D eigenvalue weighted by Crippen LogP contribution is 2.22. The fraction of sp³-hybridized carbons (Fsp3) is 0.267. The standard InChI is InChI=1S/C15H15N3/c1-11-5-6-12(2)13(10-11)14-7-9-17-15(18-14)4-3-8-16/h5-7,9-10H,3-4H2,1-2H3. The molecule has 0 unspecified atom stereocenters. The molecule has 0 radical (unpaired) electrons. The number of nitrogens with zero attached hydrogens (tertiary/aromatic N) is 3. The number of benzene rings is 1. The molecule has 0 saturated carbocycles. The number of hydrogen-bond donors (Lipinski definition) is 0. The van der Waals surface area contributed by atoms with Gasteiger partial charge < -0.3 is 0 Å². The molecule has 0 amide bonds.